The number of hydrogen-bond donors (Lipinski definition) is 0. The summed E-state index contributed by atoms with van der Waals surface area (Å²) in [6.07, 6.45) is 4.88. The summed E-state index contributed by atoms with van der Waals surface area (Å²) in [6, 6.07) is 4.60. The van der Waals surface area contributed by atoms with E-state index in [-0.39, 0.29) is 11.4 Å². The Morgan fingerprint density at radius 1 is 1.29 bits per heavy atom. The third kappa shape index (κ3) is 4.60. The van der Waals surface area contributed by atoms with Gasteiger partial charge in [-0.15, -0.1) is 0 Å². The number of methoxy groups -OCH3 is 1. The Hall–Kier alpha value is -1.82. The first-order valence-electron chi connectivity index (χ1n) is 7.38. The predicted octanol–water partition coefficient (Wildman–Crippen LogP) is 2.86. The summed E-state index contributed by atoms with van der Waals surface area (Å²) < 4.78 is 10.7. The smallest absolute Gasteiger partial charge is 0.311 e. The largest absolute Gasteiger partial charge is 0.493 e. The minimum Gasteiger partial charge on any atom is -0.493 e. The average Bonchev–Trinajstić information content (AvgIpc) is 2.52. The van der Waals surface area contributed by atoms with Crippen molar-refractivity contribution in [3.05, 3.63) is 28.3 Å². The molecule has 0 unspecified atom stereocenters. The van der Waals surface area contributed by atoms with Crippen molar-refractivity contribution in [1.82, 2.24) is 4.90 Å². The van der Waals surface area contributed by atoms with Gasteiger partial charge in [0.25, 0.3) is 0 Å². The number of piperidine rings is 1. The Labute approximate surface area is 124 Å². The summed E-state index contributed by atoms with van der Waals surface area (Å²) >= 11 is 0. The van der Waals surface area contributed by atoms with Crippen molar-refractivity contribution in [2.24, 2.45) is 0 Å². The molecule has 0 saturated carbocycles. The number of benzene rings is 1. The highest BCUT2D eigenvalue weighted by Crippen LogP contribution is 2.30. The van der Waals surface area contributed by atoms with Crippen molar-refractivity contribution < 1.29 is 14.4 Å². The maximum Gasteiger partial charge on any atom is 0.311 e. The van der Waals surface area contributed by atoms with Crippen molar-refractivity contribution in [2.45, 2.75) is 25.7 Å². The quantitative estimate of drug-likeness (QED) is 0.439. The highest BCUT2D eigenvalue weighted by molar-refractivity contribution is 5.50. The molecule has 1 aromatic rings. The van der Waals surface area contributed by atoms with Crippen LogP contribution in [0.5, 0.6) is 11.5 Å². The van der Waals surface area contributed by atoms with Crippen LogP contribution in [0.15, 0.2) is 18.2 Å². The van der Waals surface area contributed by atoms with Crippen LogP contribution in [0, 0.1) is 10.1 Å². The summed E-state index contributed by atoms with van der Waals surface area (Å²) in [5.41, 5.74) is -0.0434. The van der Waals surface area contributed by atoms with E-state index in [0.29, 0.717) is 12.4 Å². The molecule has 1 saturated heterocycles. The molecule has 0 aromatic heterocycles. The van der Waals surface area contributed by atoms with Gasteiger partial charge >= 0.3 is 5.69 Å². The number of rotatable bonds is 7. The van der Waals surface area contributed by atoms with Gasteiger partial charge in [-0.1, -0.05) is 6.42 Å². The van der Waals surface area contributed by atoms with Crippen molar-refractivity contribution >= 4 is 5.69 Å². The van der Waals surface area contributed by atoms with Crippen LogP contribution in [0.2, 0.25) is 0 Å². The van der Waals surface area contributed by atoms with Crippen LogP contribution in [-0.4, -0.2) is 43.2 Å². The van der Waals surface area contributed by atoms with Gasteiger partial charge in [0.1, 0.15) is 5.75 Å². The normalized spacial score (nSPS) is 15.7. The van der Waals surface area contributed by atoms with Crippen molar-refractivity contribution in [2.75, 3.05) is 33.4 Å². The molecule has 0 bridgehead atoms. The van der Waals surface area contributed by atoms with Crippen molar-refractivity contribution in [3.8, 4) is 11.5 Å². The lowest BCUT2D eigenvalue weighted by atomic mass is 10.1. The fourth-order valence-electron chi connectivity index (χ4n) is 2.56. The maximum atomic E-state index is 10.8. The molecule has 0 N–H and O–H groups in total. The zero-order chi connectivity index (χ0) is 15.1. The highest BCUT2D eigenvalue weighted by atomic mass is 16.6. The van der Waals surface area contributed by atoms with Crippen LogP contribution in [0.25, 0.3) is 0 Å². The van der Waals surface area contributed by atoms with E-state index in [4.69, 9.17) is 9.47 Å². The van der Waals surface area contributed by atoms with Gasteiger partial charge in [0.2, 0.25) is 5.75 Å². The molecule has 1 fully saturated rings. The van der Waals surface area contributed by atoms with Crippen LogP contribution in [0.3, 0.4) is 0 Å². The van der Waals surface area contributed by atoms with Crippen molar-refractivity contribution in [3.63, 3.8) is 0 Å². The first-order valence-corrected chi connectivity index (χ1v) is 7.38. The lowest BCUT2D eigenvalue weighted by Gasteiger charge is -2.26. The van der Waals surface area contributed by atoms with E-state index in [2.05, 4.69) is 4.90 Å². The van der Waals surface area contributed by atoms with Gasteiger partial charge < -0.3 is 14.4 Å². The molecular formula is C15H22N2O4. The zero-order valence-electron chi connectivity index (χ0n) is 12.4. The van der Waals surface area contributed by atoms with E-state index >= 15 is 0 Å². The molecule has 6 nitrogen and oxygen atoms in total. The second-order valence-electron chi connectivity index (χ2n) is 5.20. The van der Waals surface area contributed by atoms with Gasteiger partial charge in [-0.3, -0.25) is 10.1 Å². The third-order valence-electron chi connectivity index (χ3n) is 3.68. The molecule has 1 aromatic carbocycles. The molecule has 1 aliphatic heterocycles. The van der Waals surface area contributed by atoms with Gasteiger partial charge in [0, 0.05) is 18.7 Å². The zero-order valence-corrected chi connectivity index (χ0v) is 12.4. The number of nitro benzene ring substituents is 1. The first-order chi connectivity index (χ1) is 10.2. The SMILES string of the molecule is COc1cc(OCCCN2CCCCC2)ccc1[N+](=O)[O-]. The molecule has 0 spiro atoms. The van der Waals surface area contributed by atoms with E-state index in [0.717, 1.165) is 13.0 Å². The van der Waals surface area contributed by atoms with Crippen LogP contribution >= 0.6 is 0 Å². The van der Waals surface area contributed by atoms with Crippen LogP contribution in [0.4, 0.5) is 5.69 Å². The fourth-order valence-corrected chi connectivity index (χ4v) is 2.56. The van der Waals surface area contributed by atoms with E-state index < -0.39 is 4.92 Å². The lowest BCUT2D eigenvalue weighted by Crippen LogP contribution is -2.31. The Morgan fingerprint density at radius 3 is 2.71 bits per heavy atom. The molecule has 21 heavy (non-hydrogen) atoms. The van der Waals surface area contributed by atoms with Gasteiger partial charge in [0.15, 0.2) is 0 Å². The number of nitrogens with zero attached hydrogens (tertiary/aromatic N) is 2. The highest BCUT2D eigenvalue weighted by Gasteiger charge is 2.15. The second kappa shape index (κ2) is 7.83. The summed E-state index contributed by atoms with van der Waals surface area (Å²) in [5, 5.41) is 10.8. The second-order valence-corrected chi connectivity index (χ2v) is 5.20. The lowest BCUT2D eigenvalue weighted by molar-refractivity contribution is -0.385. The van der Waals surface area contributed by atoms with E-state index in [9.17, 15) is 10.1 Å². The molecular weight excluding hydrogens is 272 g/mol. The predicted molar refractivity (Wildman–Crippen MR) is 80.1 cm³/mol. The monoisotopic (exact) mass is 294 g/mol. The van der Waals surface area contributed by atoms with Gasteiger partial charge in [0.05, 0.1) is 18.6 Å². The van der Waals surface area contributed by atoms with E-state index in [1.54, 1.807) is 12.1 Å². The first kappa shape index (κ1) is 15.6. The molecule has 0 atom stereocenters. The minimum absolute atomic E-state index is 0.0434. The summed E-state index contributed by atoms with van der Waals surface area (Å²) in [6.45, 7) is 4.03. The van der Waals surface area contributed by atoms with Crippen molar-refractivity contribution in [1.29, 1.82) is 0 Å². The number of nitro groups is 1. The Kier molecular flexibility index (Phi) is 5.80. The molecule has 2 rings (SSSR count). The molecule has 1 aliphatic rings. The average molecular weight is 294 g/mol. The summed E-state index contributed by atoms with van der Waals surface area (Å²) in [4.78, 5) is 12.8. The number of ether oxygens (including phenoxy) is 2. The van der Waals surface area contributed by atoms with Gasteiger partial charge in [-0.2, -0.15) is 0 Å². The van der Waals surface area contributed by atoms with E-state index in [1.807, 2.05) is 0 Å². The molecule has 116 valence electrons. The van der Waals surface area contributed by atoms with Gasteiger partial charge in [-0.25, -0.2) is 0 Å². The van der Waals surface area contributed by atoms with Crippen LogP contribution in [0.1, 0.15) is 25.7 Å². The molecule has 0 aliphatic carbocycles. The third-order valence-corrected chi connectivity index (χ3v) is 3.68. The maximum absolute atomic E-state index is 10.8. The van der Waals surface area contributed by atoms with Crippen LogP contribution in [-0.2, 0) is 0 Å². The number of likely N-dealkylation sites (tertiary alicyclic amines) is 1. The topological polar surface area (TPSA) is 64.8 Å². The minimum atomic E-state index is -0.459. The molecule has 0 amide bonds. The molecule has 1 heterocycles. The standard InChI is InChI=1S/C15H22N2O4/c1-20-15-12-13(6-7-14(15)17(18)19)21-11-5-10-16-8-3-2-4-9-16/h6-7,12H,2-5,8-11H2,1H3. The summed E-state index contributed by atoms with van der Waals surface area (Å²) in [5.74, 6) is 0.838. The summed E-state index contributed by atoms with van der Waals surface area (Å²) in [7, 11) is 1.42. The molecule has 6 heteroatoms. The molecule has 0 radical (unpaired) electrons. The Morgan fingerprint density at radius 2 is 2.05 bits per heavy atom. The Bertz CT molecular complexity index is 473. The fraction of sp³-hybridized carbons (Fsp3) is 0.600. The van der Waals surface area contributed by atoms with Crippen LogP contribution < -0.4 is 9.47 Å². The number of hydrogen-bond acceptors (Lipinski definition) is 5. The Balaban J connectivity index is 1.78. The van der Waals surface area contributed by atoms with Gasteiger partial charge in [-0.05, 0) is 38.4 Å². The van der Waals surface area contributed by atoms with E-state index in [1.165, 1.54) is 45.5 Å².